The smallest absolute Gasteiger partial charge is 0.351 e. The fourth-order valence-electron chi connectivity index (χ4n) is 1.41. The number of carbonyl (C=O) groups excluding carboxylic acids is 1. The molecular formula is C12H13BrF3NO2S. The van der Waals surface area contributed by atoms with Gasteiger partial charge in [0.2, 0.25) is 0 Å². The van der Waals surface area contributed by atoms with Gasteiger partial charge < -0.3 is 5.32 Å². The van der Waals surface area contributed by atoms with Crippen LogP contribution in [0.3, 0.4) is 0 Å². The third kappa shape index (κ3) is 4.90. The summed E-state index contributed by atoms with van der Waals surface area (Å²) in [6.45, 7) is 1.92. The van der Waals surface area contributed by atoms with Crippen LogP contribution in [-0.4, -0.2) is 28.2 Å². The van der Waals surface area contributed by atoms with E-state index in [-0.39, 0.29) is 22.3 Å². The molecule has 1 atom stereocenters. The molecule has 1 N–H and O–H groups in total. The van der Waals surface area contributed by atoms with Gasteiger partial charge in [-0.2, -0.15) is 13.2 Å². The Morgan fingerprint density at radius 2 is 2.05 bits per heavy atom. The number of nitrogens with one attached hydrogen (secondary N) is 1. The summed E-state index contributed by atoms with van der Waals surface area (Å²) in [4.78, 5) is 11.7. The Hall–Kier alpha value is -0.890. The molecule has 0 spiro atoms. The quantitative estimate of drug-likeness (QED) is 0.864. The lowest BCUT2D eigenvalue weighted by molar-refractivity contribution is -0.138. The molecule has 8 heteroatoms. The minimum absolute atomic E-state index is 0.0807. The molecule has 112 valence electrons. The lowest BCUT2D eigenvalue weighted by Gasteiger charge is -2.11. The predicted molar refractivity (Wildman–Crippen MR) is 75.0 cm³/mol. The maximum Gasteiger partial charge on any atom is 0.417 e. The number of hydrogen-bond donors (Lipinski definition) is 1. The van der Waals surface area contributed by atoms with Gasteiger partial charge in [0.1, 0.15) is 0 Å². The minimum atomic E-state index is -4.53. The first-order valence-corrected chi connectivity index (χ1v) is 8.03. The van der Waals surface area contributed by atoms with E-state index in [1.54, 1.807) is 6.92 Å². The van der Waals surface area contributed by atoms with Gasteiger partial charge in [0, 0.05) is 38.9 Å². The van der Waals surface area contributed by atoms with Crippen LogP contribution in [0, 0.1) is 0 Å². The van der Waals surface area contributed by atoms with Gasteiger partial charge in [0.05, 0.1) is 5.56 Å². The number of hydrogen-bond acceptors (Lipinski definition) is 2. The topological polar surface area (TPSA) is 46.2 Å². The van der Waals surface area contributed by atoms with Crippen molar-refractivity contribution >= 4 is 32.6 Å². The van der Waals surface area contributed by atoms with E-state index in [0.717, 1.165) is 6.07 Å². The van der Waals surface area contributed by atoms with E-state index < -0.39 is 28.4 Å². The van der Waals surface area contributed by atoms with E-state index >= 15 is 0 Å². The number of halogens is 4. The second-order valence-electron chi connectivity index (χ2n) is 3.88. The molecule has 1 amide bonds. The SMILES string of the molecule is CCS(=O)CCNC(=O)c1ccc(Br)c(C(F)(F)F)c1. The van der Waals surface area contributed by atoms with Crippen LogP contribution in [0.4, 0.5) is 13.2 Å². The summed E-state index contributed by atoms with van der Waals surface area (Å²) < 4.78 is 49.1. The first kappa shape index (κ1) is 17.2. The van der Waals surface area contributed by atoms with Crippen LogP contribution < -0.4 is 5.32 Å². The summed E-state index contributed by atoms with van der Waals surface area (Å²) in [5.41, 5.74) is -0.981. The Morgan fingerprint density at radius 3 is 2.60 bits per heavy atom. The van der Waals surface area contributed by atoms with Crippen molar-refractivity contribution in [2.75, 3.05) is 18.1 Å². The van der Waals surface area contributed by atoms with E-state index in [9.17, 15) is 22.2 Å². The fraction of sp³-hybridized carbons (Fsp3) is 0.417. The third-order valence-electron chi connectivity index (χ3n) is 2.47. The fourth-order valence-corrected chi connectivity index (χ4v) is 2.50. The Morgan fingerprint density at radius 1 is 1.40 bits per heavy atom. The van der Waals surface area contributed by atoms with Crippen LogP contribution in [0.25, 0.3) is 0 Å². The Balaban J connectivity index is 2.77. The molecule has 1 unspecified atom stereocenters. The summed E-state index contributed by atoms with van der Waals surface area (Å²) in [7, 11) is -1.02. The highest BCUT2D eigenvalue weighted by Crippen LogP contribution is 2.35. The molecule has 0 saturated heterocycles. The third-order valence-corrected chi connectivity index (χ3v) is 4.47. The highest BCUT2D eigenvalue weighted by Gasteiger charge is 2.33. The first-order chi connectivity index (χ1) is 9.25. The van der Waals surface area contributed by atoms with Gasteiger partial charge in [-0.1, -0.05) is 22.9 Å². The maximum absolute atomic E-state index is 12.7. The average molecular weight is 372 g/mol. The van der Waals surface area contributed by atoms with Crippen LogP contribution in [0.15, 0.2) is 22.7 Å². The van der Waals surface area contributed by atoms with Crippen molar-refractivity contribution in [1.29, 1.82) is 0 Å². The summed E-state index contributed by atoms with van der Waals surface area (Å²) in [6.07, 6.45) is -4.53. The number of alkyl halides is 3. The first-order valence-electron chi connectivity index (χ1n) is 5.75. The van der Waals surface area contributed by atoms with E-state index in [2.05, 4.69) is 21.2 Å². The molecule has 0 heterocycles. The molecule has 0 bridgehead atoms. The molecule has 20 heavy (non-hydrogen) atoms. The second kappa shape index (κ2) is 7.21. The molecule has 1 aromatic carbocycles. The van der Waals surface area contributed by atoms with Crippen LogP contribution in [0.1, 0.15) is 22.8 Å². The summed E-state index contributed by atoms with van der Waals surface area (Å²) in [5.74, 6) is 0.146. The van der Waals surface area contributed by atoms with Gasteiger partial charge in [-0.25, -0.2) is 0 Å². The summed E-state index contributed by atoms with van der Waals surface area (Å²) in [5, 5.41) is 2.45. The molecule has 0 aromatic heterocycles. The second-order valence-corrected chi connectivity index (χ2v) is 6.60. The molecule has 0 aliphatic heterocycles. The number of benzene rings is 1. The highest BCUT2D eigenvalue weighted by atomic mass is 79.9. The van der Waals surface area contributed by atoms with Gasteiger partial charge in [-0.05, 0) is 18.2 Å². The molecule has 0 aliphatic rings. The zero-order valence-electron chi connectivity index (χ0n) is 10.6. The van der Waals surface area contributed by atoms with E-state index in [4.69, 9.17) is 0 Å². The van der Waals surface area contributed by atoms with Crippen molar-refractivity contribution in [2.45, 2.75) is 13.1 Å². The summed E-state index contributed by atoms with van der Waals surface area (Å²) in [6, 6.07) is 3.27. The molecule has 1 aromatic rings. The van der Waals surface area contributed by atoms with Gasteiger partial charge in [-0.3, -0.25) is 9.00 Å². The van der Waals surface area contributed by atoms with Crippen LogP contribution in [-0.2, 0) is 17.0 Å². The monoisotopic (exact) mass is 371 g/mol. The number of carbonyl (C=O) groups is 1. The molecule has 1 rings (SSSR count). The summed E-state index contributed by atoms with van der Waals surface area (Å²) >= 11 is 2.80. The van der Waals surface area contributed by atoms with Crippen LogP contribution in [0.2, 0.25) is 0 Å². The van der Waals surface area contributed by atoms with Gasteiger partial charge in [0.25, 0.3) is 5.91 Å². The lowest BCUT2D eigenvalue weighted by atomic mass is 10.1. The Kier molecular flexibility index (Phi) is 6.19. The lowest BCUT2D eigenvalue weighted by Crippen LogP contribution is -2.28. The molecule has 0 saturated carbocycles. The van der Waals surface area contributed by atoms with Gasteiger partial charge in [-0.15, -0.1) is 0 Å². The van der Waals surface area contributed by atoms with Gasteiger partial charge in [0.15, 0.2) is 0 Å². The van der Waals surface area contributed by atoms with Crippen LogP contribution >= 0.6 is 15.9 Å². The predicted octanol–water partition coefficient (Wildman–Crippen LogP) is 2.97. The van der Waals surface area contributed by atoms with E-state index in [0.29, 0.717) is 5.75 Å². The standard InChI is InChI=1S/C12H13BrF3NO2S/c1-2-20(19)6-5-17-11(18)8-3-4-10(13)9(7-8)12(14,15)16/h3-4,7H,2,5-6H2,1H3,(H,17,18). The molecule has 0 fully saturated rings. The van der Waals surface area contributed by atoms with Crippen molar-refractivity contribution in [1.82, 2.24) is 5.32 Å². The van der Waals surface area contributed by atoms with Crippen LogP contribution in [0.5, 0.6) is 0 Å². The zero-order valence-corrected chi connectivity index (χ0v) is 13.0. The number of rotatable bonds is 5. The van der Waals surface area contributed by atoms with E-state index in [1.807, 2.05) is 0 Å². The normalized spacial score (nSPS) is 13.1. The van der Waals surface area contributed by atoms with Crippen molar-refractivity contribution in [2.24, 2.45) is 0 Å². The van der Waals surface area contributed by atoms with Crippen molar-refractivity contribution in [3.8, 4) is 0 Å². The van der Waals surface area contributed by atoms with Crippen molar-refractivity contribution < 1.29 is 22.2 Å². The van der Waals surface area contributed by atoms with Gasteiger partial charge >= 0.3 is 6.18 Å². The minimum Gasteiger partial charge on any atom is -0.351 e. The highest BCUT2D eigenvalue weighted by molar-refractivity contribution is 9.10. The Labute approximate surface area is 125 Å². The number of amides is 1. The maximum atomic E-state index is 12.7. The molecule has 0 radical (unpaired) electrons. The average Bonchev–Trinajstić information content (AvgIpc) is 2.37. The molecule has 3 nitrogen and oxygen atoms in total. The molecule has 0 aliphatic carbocycles. The largest absolute Gasteiger partial charge is 0.417 e. The van der Waals surface area contributed by atoms with Crippen molar-refractivity contribution in [3.05, 3.63) is 33.8 Å². The Bertz CT molecular complexity index is 520. The molecular weight excluding hydrogens is 359 g/mol. The van der Waals surface area contributed by atoms with Crippen molar-refractivity contribution in [3.63, 3.8) is 0 Å². The zero-order chi connectivity index (χ0) is 15.3. The van der Waals surface area contributed by atoms with E-state index in [1.165, 1.54) is 12.1 Å².